The minimum atomic E-state index is -0.744. The van der Waals surface area contributed by atoms with E-state index < -0.39 is 18.0 Å². The van der Waals surface area contributed by atoms with Crippen LogP contribution >= 0.6 is 11.6 Å². The summed E-state index contributed by atoms with van der Waals surface area (Å²) in [6.45, 7) is 1.77. The molecule has 0 spiro atoms. The maximum absolute atomic E-state index is 13.5. The van der Waals surface area contributed by atoms with Crippen LogP contribution in [0.2, 0.25) is 5.02 Å². The number of nitrogens with zero attached hydrogens (tertiary/aromatic N) is 4. The summed E-state index contributed by atoms with van der Waals surface area (Å²) in [5.74, 6) is -1.56. The van der Waals surface area contributed by atoms with Gasteiger partial charge in [0.05, 0.1) is 16.8 Å². The van der Waals surface area contributed by atoms with Gasteiger partial charge < -0.3 is 10.5 Å². The molecule has 0 unspecified atom stereocenters. The van der Waals surface area contributed by atoms with Crippen molar-refractivity contribution in [1.29, 1.82) is 0 Å². The Morgan fingerprint density at radius 3 is 2.68 bits per heavy atom. The second-order valence-electron chi connectivity index (χ2n) is 6.21. The van der Waals surface area contributed by atoms with E-state index in [2.05, 4.69) is 15.1 Å². The van der Waals surface area contributed by atoms with Gasteiger partial charge in [0.15, 0.2) is 5.65 Å². The first-order valence-corrected chi connectivity index (χ1v) is 8.69. The molecule has 0 bridgehead atoms. The van der Waals surface area contributed by atoms with Crippen LogP contribution in [-0.4, -0.2) is 38.4 Å². The van der Waals surface area contributed by atoms with E-state index in [9.17, 15) is 14.0 Å². The maximum Gasteiger partial charge on any atom is 0.268 e. The standard InChI is InChI=1S/C18H17ClFN5O3/c1-9(28-2)17-11(8-22-15-6-14(20)24-25(15)17)5-12(26)3-10-4-13(19)16(18(21)27)23-7-10/h4,6-9H,3,5H2,1-2H3,(H2,21,27)/t9-/m0/s1. The average molecular weight is 406 g/mol. The highest BCUT2D eigenvalue weighted by Gasteiger charge is 2.20. The Hall–Kier alpha value is -2.91. The highest BCUT2D eigenvalue weighted by atomic mass is 35.5. The van der Waals surface area contributed by atoms with Gasteiger partial charge in [-0.2, -0.15) is 4.39 Å². The van der Waals surface area contributed by atoms with Crippen LogP contribution in [0.5, 0.6) is 0 Å². The van der Waals surface area contributed by atoms with Crippen LogP contribution in [0.25, 0.3) is 5.65 Å². The molecule has 3 rings (SSSR count). The van der Waals surface area contributed by atoms with Crippen LogP contribution < -0.4 is 5.73 Å². The fourth-order valence-electron chi connectivity index (χ4n) is 2.90. The second-order valence-corrected chi connectivity index (χ2v) is 6.62. The van der Waals surface area contributed by atoms with E-state index >= 15 is 0 Å². The number of methoxy groups -OCH3 is 1. The van der Waals surface area contributed by atoms with Crippen molar-refractivity contribution in [1.82, 2.24) is 19.6 Å². The fraction of sp³-hybridized carbons (Fsp3) is 0.278. The number of ketones is 1. The highest BCUT2D eigenvalue weighted by Crippen LogP contribution is 2.23. The number of ether oxygens (including phenoxy) is 1. The van der Waals surface area contributed by atoms with Gasteiger partial charge in [-0.1, -0.05) is 11.6 Å². The molecule has 0 aliphatic heterocycles. The zero-order chi connectivity index (χ0) is 20.4. The predicted octanol–water partition coefficient (Wildman–Crippen LogP) is 2.08. The summed E-state index contributed by atoms with van der Waals surface area (Å²) in [6.07, 6.45) is 2.53. The number of carbonyl (C=O) groups is 2. The molecule has 28 heavy (non-hydrogen) atoms. The fourth-order valence-corrected chi connectivity index (χ4v) is 3.18. The Morgan fingerprint density at radius 2 is 2.04 bits per heavy atom. The molecule has 0 saturated carbocycles. The van der Waals surface area contributed by atoms with Crippen molar-refractivity contribution in [3.05, 3.63) is 58.0 Å². The Morgan fingerprint density at radius 1 is 1.29 bits per heavy atom. The van der Waals surface area contributed by atoms with Gasteiger partial charge in [-0.05, 0) is 18.6 Å². The molecule has 1 atom stereocenters. The lowest BCUT2D eigenvalue weighted by Crippen LogP contribution is -2.16. The lowest BCUT2D eigenvalue weighted by molar-refractivity contribution is -0.117. The zero-order valence-corrected chi connectivity index (χ0v) is 15.9. The van der Waals surface area contributed by atoms with Gasteiger partial charge >= 0.3 is 0 Å². The number of rotatable bonds is 7. The molecule has 3 aromatic heterocycles. The van der Waals surface area contributed by atoms with E-state index in [0.29, 0.717) is 22.5 Å². The molecule has 0 aliphatic rings. The van der Waals surface area contributed by atoms with Crippen molar-refractivity contribution >= 4 is 28.9 Å². The number of fused-ring (bicyclic) bond motifs is 1. The summed E-state index contributed by atoms with van der Waals surface area (Å²) < 4.78 is 20.2. The second kappa shape index (κ2) is 7.99. The predicted molar refractivity (Wildman–Crippen MR) is 98.5 cm³/mol. The number of primary amides is 1. The Balaban J connectivity index is 1.87. The number of Topliss-reactive ketones (excluding diaryl/α,β-unsaturated/α-hetero) is 1. The van der Waals surface area contributed by atoms with Crippen LogP contribution in [0, 0.1) is 5.95 Å². The van der Waals surface area contributed by atoms with Crippen molar-refractivity contribution in [2.45, 2.75) is 25.9 Å². The van der Waals surface area contributed by atoms with Crippen molar-refractivity contribution in [3.8, 4) is 0 Å². The lowest BCUT2D eigenvalue weighted by atomic mass is 10.0. The first-order chi connectivity index (χ1) is 13.3. The molecule has 2 N–H and O–H groups in total. The Labute approximate surface area is 164 Å². The molecule has 10 heteroatoms. The molecule has 0 fully saturated rings. The number of nitrogens with two attached hydrogens (primary N) is 1. The summed E-state index contributed by atoms with van der Waals surface area (Å²) in [5, 5.41) is 3.88. The molecule has 8 nitrogen and oxygen atoms in total. The number of hydrogen-bond donors (Lipinski definition) is 1. The summed E-state index contributed by atoms with van der Waals surface area (Å²) in [5.41, 5.74) is 7.10. The van der Waals surface area contributed by atoms with Crippen LogP contribution in [0.4, 0.5) is 4.39 Å². The molecule has 0 aliphatic carbocycles. The van der Waals surface area contributed by atoms with Crippen molar-refractivity contribution in [2.24, 2.45) is 5.73 Å². The third-order valence-corrected chi connectivity index (χ3v) is 4.52. The number of carbonyl (C=O) groups excluding carboxylic acids is 2. The van der Waals surface area contributed by atoms with E-state index in [1.165, 1.54) is 36.2 Å². The summed E-state index contributed by atoms with van der Waals surface area (Å²) >= 11 is 5.97. The van der Waals surface area contributed by atoms with Crippen LogP contribution in [0.1, 0.15) is 40.3 Å². The topological polar surface area (TPSA) is 112 Å². The van der Waals surface area contributed by atoms with Gasteiger partial charge in [0.2, 0.25) is 5.95 Å². The van der Waals surface area contributed by atoms with Crippen molar-refractivity contribution in [3.63, 3.8) is 0 Å². The first kappa shape index (κ1) is 19.8. The van der Waals surface area contributed by atoms with Gasteiger partial charge in [-0.3, -0.25) is 9.59 Å². The number of hydrogen-bond acceptors (Lipinski definition) is 6. The highest BCUT2D eigenvalue weighted by molar-refractivity contribution is 6.33. The monoisotopic (exact) mass is 405 g/mol. The molecule has 1 amide bonds. The SMILES string of the molecule is CO[C@@H](C)c1c(CC(=O)Cc2cnc(C(N)=O)c(Cl)c2)cnc2cc(F)nn12. The van der Waals surface area contributed by atoms with E-state index in [4.69, 9.17) is 22.1 Å². The van der Waals surface area contributed by atoms with Crippen molar-refractivity contribution in [2.75, 3.05) is 7.11 Å². The quantitative estimate of drug-likeness (QED) is 0.644. The normalized spacial score (nSPS) is 12.3. The summed E-state index contributed by atoms with van der Waals surface area (Å²) in [4.78, 5) is 31.8. The molecule has 3 heterocycles. The minimum absolute atomic E-state index is 0.0304. The molecule has 3 aromatic rings. The van der Waals surface area contributed by atoms with Gasteiger partial charge in [-0.15, -0.1) is 5.10 Å². The lowest BCUT2D eigenvalue weighted by Gasteiger charge is -2.16. The number of halogens is 2. The smallest absolute Gasteiger partial charge is 0.268 e. The average Bonchev–Trinajstić information content (AvgIpc) is 3.00. The van der Waals surface area contributed by atoms with Crippen molar-refractivity contribution < 1.29 is 18.7 Å². The van der Waals surface area contributed by atoms with Gasteiger partial charge in [-0.25, -0.2) is 14.5 Å². The molecule has 146 valence electrons. The molecule has 0 saturated heterocycles. The zero-order valence-electron chi connectivity index (χ0n) is 15.1. The Bertz CT molecular complexity index is 1070. The van der Waals surface area contributed by atoms with E-state index in [0.717, 1.165) is 0 Å². The number of pyridine rings is 1. The molecule has 0 aromatic carbocycles. The molecule has 0 radical (unpaired) electrons. The van der Waals surface area contributed by atoms with E-state index in [1.54, 1.807) is 6.92 Å². The van der Waals surface area contributed by atoms with E-state index in [-0.39, 0.29) is 29.3 Å². The minimum Gasteiger partial charge on any atom is -0.375 e. The largest absolute Gasteiger partial charge is 0.375 e. The van der Waals surface area contributed by atoms with Gasteiger partial charge in [0, 0.05) is 44.0 Å². The van der Waals surface area contributed by atoms with E-state index in [1.807, 2.05) is 0 Å². The Kier molecular flexibility index (Phi) is 5.66. The van der Waals surface area contributed by atoms with Crippen LogP contribution in [0.3, 0.4) is 0 Å². The van der Waals surface area contributed by atoms with Gasteiger partial charge in [0.25, 0.3) is 5.91 Å². The molecular formula is C18H17ClFN5O3. The first-order valence-electron chi connectivity index (χ1n) is 8.32. The van der Waals surface area contributed by atoms with Crippen LogP contribution in [-0.2, 0) is 22.4 Å². The molecular weight excluding hydrogens is 389 g/mol. The summed E-state index contributed by atoms with van der Waals surface area (Å²) in [7, 11) is 1.51. The third kappa shape index (κ3) is 4.00. The van der Waals surface area contributed by atoms with Crippen LogP contribution in [0.15, 0.2) is 24.5 Å². The summed E-state index contributed by atoms with van der Waals surface area (Å²) in [6, 6.07) is 2.68. The van der Waals surface area contributed by atoms with Gasteiger partial charge in [0.1, 0.15) is 11.5 Å². The number of amides is 1. The number of aromatic nitrogens is 4. The third-order valence-electron chi connectivity index (χ3n) is 4.23. The maximum atomic E-state index is 13.5.